The second-order valence-corrected chi connectivity index (χ2v) is 3.94. The van der Waals surface area contributed by atoms with E-state index in [0.29, 0.717) is 17.7 Å². The lowest BCUT2D eigenvalue weighted by Crippen LogP contribution is -2.17. The molecule has 0 aliphatic carbocycles. The predicted octanol–water partition coefficient (Wildman–Crippen LogP) is 3.16. The Kier molecular flexibility index (Phi) is 3.69. The first-order valence-corrected chi connectivity index (χ1v) is 5.53. The van der Waals surface area contributed by atoms with Crippen LogP contribution in [0, 0.1) is 6.92 Å². The van der Waals surface area contributed by atoms with Gasteiger partial charge < -0.3 is 4.74 Å². The van der Waals surface area contributed by atoms with Crippen LogP contribution in [0.1, 0.15) is 16.2 Å². The van der Waals surface area contributed by atoms with Crippen molar-refractivity contribution in [3.63, 3.8) is 0 Å². The Labute approximate surface area is 112 Å². The summed E-state index contributed by atoms with van der Waals surface area (Å²) in [6.45, 7) is 1.66. The first kappa shape index (κ1) is 14.0. The van der Waals surface area contributed by atoms with E-state index in [0.717, 1.165) is 6.07 Å². The molecule has 0 atom stereocenters. The predicted molar refractivity (Wildman–Crippen MR) is 64.3 cm³/mol. The summed E-state index contributed by atoms with van der Waals surface area (Å²) in [6, 6.07) is 3.78. The van der Waals surface area contributed by atoms with Crippen molar-refractivity contribution in [2.75, 3.05) is 0 Å². The molecule has 1 aromatic heterocycles. The van der Waals surface area contributed by atoms with E-state index >= 15 is 0 Å². The molecule has 0 fully saturated rings. The average molecular weight is 282 g/mol. The first-order valence-electron chi connectivity index (χ1n) is 5.53. The molecule has 0 saturated carbocycles. The van der Waals surface area contributed by atoms with Crippen LogP contribution in [0.25, 0.3) is 11.1 Å². The molecule has 4 nitrogen and oxygen atoms in total. The van der Waals surface area contributed by atoms with Crippen LogP contribution in [-0.2, 0) is 0 Å². The molecular weight excluding hydrogens is 273 g/mol. The van der Waals surface area contributed by atoms with E-state index in [1.807, 2.05) is 0 Å². The Bertz CT molecular complexity index is 625. The standard InChI is InChI=1S/C13H9F3N2O2/c1-8-17-5-10(6-18-8)11-3-2-9(7-19)4-12(11)20-13(14,15)16/h2-7H,1H3. The molecule has 7 heteroatoms. The Morgan fingerprint density at radius 3 is 2.40 bits per heavy atom. The summed E-state index contributed by atoms with van der Waals surface area (Å²) in [6.07, 6.45) is -1.62. The number of aryl methyl sites for hydroxylation is 1. The first-order chi connectivity index (χ1) is 9.39. The van der Waals surface area contributed by atoms with Gasteiger partial charge >= 0.3 is 6.36 Å². The molecule has 0 aliphatic heterocycles. The summed E-state index contributed by atoms with van der Waals surface area (Å²) < 4.78 is 41.1. The van der Waals surface area contributed by atoms with E-state index in [9.17, 15) is 18.0 Å². The smallest absolute Gasteiger partial charge is 0.405 e. The number of ether oxygens (including phenoxy) is 1. The number of alkyl halides is 3. The summed E-state index contributed by atoms with van der Waals surface area (Å²) in [5.41, 5.74) is 0.612. The summed E-state index contributed by atoms with van der Waals surface area (Å²) >= 11 is 0. The molecule has 20 heavy (non-hydrogen) atoms. The van der Waals surface area contributed by atoms with Crippen molar-refractivity contribution in [1.82, 2.24) is 9.97 Å². The molecule has 0 bridgehead atoms. The highest BCUT2D eigenvalue weighted by molar-refractivity contribution is 5.80. The fourth-order valence-electron chi connectivity index (χ4n) is 1.59. The van der Waals surface area contributed by atoms with Crippen LogP contribution in [0.15, 0.2) is 30.6 Å². The minimum Gasteiger partial charge on any atom is -0.405 e. The molecule has 2 aromatic rings. The molecule has 0 unspecified atom stereocenters. The number of carbonyl (C=O) groups excluding carboxylic acids is 1. The molecule has 1 heterocycles. The quantitative estimate of drug-likeness (QED) is 0.811. The van der Waals surface area contributed by atoms with Crippen LogP contribution < -0.4 is 4.74 Å². The second-order valence-electron chi connectivity index (χ2n) is 3.94. The van der Waals surface area contributed by atoms with Crippen molar-refractivity contribution >= 4 is 6.29 Å². The van der Waals surface area contributed by atoms with Crippen molar-refractivity contribution < 1.29 is 22.7 Å². The van der Waals surface area contributed by atoms with E-state index in [4.69, 9.17) is 0 Å². The molecule has 0 radical (unpaired) electrons. The molecular formula is C13H9F3N2O2. The SMILES string of the molecule is Cc1ncc(-c2ccc(C=O)cc2OC(F)(F)F)cn1. The summed E-state index contributed by atoms with van der Waals surface area (Å²) in [5, 5.41) is 0. The third kappa shape index (κ3) is 3.31. The zero-order valence-electron chi connectivity index (χ0n) is 10.3. The van der Waals surface area contributed by atoms with Gasteiger partial charge in [-0.05, 0) is 19.1 Å². The van der Waals surface area contributed by atoms with Gasteiger partial charge in [-0.1, -0.05) is 6.07 Å². The van der Waals surface area contributed by atoms with Crippen molar-refractivity contribution in [2.24, 2.45) is 0 Å². The largest absolute Gasteiger partial charge is 0.573 e. The van der Waals surface area contributed by atoms with Gasteiger partial charge in [-0.2, -0.15) is 0 Å². The van der Waals surface area contributed by atoms with Crippen LogP contribution in [-0.4, -0.2) is 22.6 Å². The maximum absolute atomic E-state index is 12.4. The van der Waals surface area contributed by atoms with Gasteiger partial charge in [-0.15, -0.1) is 13.2 Å². The van der Waals surface area contributed by atoms with Gasteiger partial charge in [0.25, 0.3) is 0 Å². The number of carbonyl (C=O) groups is 1. The second kappa shape index (κ2) is 5.28. The number of benzene rings is 1. The fraction of sp³-hybridized carbons (Fsp3) is 0.154. The number of hydrogen-bond acceptors (Lipinski definition) is 4. The number of hydrogen-bond donors (Lipinski definition) is 0. The summed E-state index contributed by atoms with van der Waals surface area (Å²) in [7, 11) is 0. The Morgan fingerprint density at radius 2 is 1.85 bits per heavy atom. The van der Waals surface area contributed by atoms with E-state index in [1.54, 1.807) is 6.92 Å². The maximum Gasteiger partial charge on any atom is 0.573 e. The number of rotatable bonds is 3. The summed E-state index contributed by atoms with van der Waals surface area (Å²) in [4.78, 5) is 18.5. The highest BCUT2D eigenvalue weighted by atomic mass is 19.4. The third-order valence-corrected chi connectivity index (χ3v) is 2.46. The van der Waals surface area contributed by atoms with E-state index in [-0.39, 0.29) is 11.1 Å². The molecule has 1 aromatic carbocycles. The Morgan fingerprint density at radius 1 is 1.20 bits per heavy atom. The van der Waals surface area contributed by atoms with E-state index in [2.05, 4.69) is 14.7 Å². The van der Waals surface area contributed by atoms with Crippen LogP contribution >= 0.6 is 0 Å². The fourth-order valence-corrected chi connectivity index (χ4v) is 1.59. The van der Waals surface area contributed by atoms with Gasteiger partial charge in [-0.3, -0.25) is 4.79 Å². The minimum atomic E-state index is -4.85. The van der Waals surface area contributed by atoms with E-state index in [1.165, 1.54) is 24.5 Å². The Hall–Kier alpha value is -2.44. The van der Waals surface area contributed by atoms with Gasteiger partial charge in [0.1, 0.15) is 17.9 Å². The van der Waals surface area contributed by atoms with Gasteiger partial charge in [0, 0.05) is 29.1 Å². The molecule has 2 rings (SSSR count). The highest BCUT2D eigenvalue weighted by Gasteiger charge is 2.32. The number of aldehydes is 1. The molecule has 0 saturated heterocycles. The maximum atomic E-state index is 12.4. The number of aromatic nitrogens is 2. The highest BCUT2D eigenvalue weighted by Crippen LogP contribution is 2.33. The topological polar surface area (TPSA) is 52.1 Å². The Balaban J connectivity index is 2.51. The van der Waals surface area contributed by atoms with Crippen molar-refractivity contribution in [3.05, 3.63) is 42.0 Å². The lowest BCUT2D eigenvalue weighted by Gasteiger charge is -2.13. The monoisotopic (exact) mass is 282 g/mol. The van der Waals surface area contributed by atoms with Gasteiger partial charge in [0.05, 0.1) is 0 Å². The van der Waals surface area contributed by atoms with E-state index < -0.39 is 12.1 Å². The minimum absolute atomic E-state index is 0.0843. The van der Waals surface area contributed by atoms with Gasteiger partial charge in [-0.25, -0.2) is 9.97 Å². The summed E-state index contributed by atoms with van der Waals surface area (Å²) in [5.74, 6) is 0.0334. The zero-order chi connectivity index (χ0) is 14.8. The molecule has 0 N–H and O–H groups in total. The molecule has 104 valence electrons. The van der Waals surface area contributed by atoms with Crippen LogP contribution in [0.5, 0.6) is 5.75 Å². The van der Waals surface area contributed by atoms with Gasteiger partial charge in [0.2, 0.25) is 0 Å². The van der Waals surface area contributed by atoms with Crippen molar-refractivity contribution in [1.29, 1.82) is 0 Å². The molecule has 0 spiro atoms. The van der Waals surface area contributed by atoms with Gasteiger partial charge in [0.15, 0.2) is 0 Å². The van der Waals surface area contributed by atoms with Crippen LogP contribution in [0.3, 0.4) is 0 Å². The molecule has 0 aliphatic rings. The van der Waals surface area contributed by atoms with Crippen molar-refractivity contribution in [2.45, 2.75) is 13.3 Å². The normalized spacial score (nSPS) is 11.2. The average Bonchev–Trinajstić information content (AvgIpc) is 2.38. The lowest BCUT2D eigenvalue weighted by molar-refractivity contribution is -0.274. The van der Waals surface area contributed by atoms with Crippen LogP contribution in [0.2, 0.25) is 0 Å². The number of nitrogens with zero attached hydrogens (tertiary/aromatic N) is 2. The zero-order valence-corrected chi connectivity index (χ0v) is 10.3. The lowest BCUT2D eigenvalue weighted by atomic mass is 10.1. The third-order valence-electron chi connectivity index (χ3n) is 2.46. The molecule has 0 amide bonds. The van der Waals surface area contributed by atoms with Crippen molar-refractivity contribution in [3.8, 4) is 16.9 Å². The number of halogens is 3. The van der Waals surface area contributed by atoms with Crippen LogP contribution in [0.4, 0.5) is 13.2 Å².